The van der Waals surface area contributed by atoms with Crippen molar-refractivity contribution >= 4 is 12.6 Å². The highest BCUT2D eigenvalue weighted by atomic mass is 32.1. The highest BCUT2D eigenvalue weighted by molar-refractivity contribution is 7.80. The van der Waals surface area contributed by atoms with E-state index in [1.807, 2.05) is 0 Å². The summed E-state index contributed by atoms with van der Waals surface area (Å²) in [6.45, 7) is 2.54. The first-order chi connectivity index (χ1) is 9.17. The monoisotopic (exact) mass is 270 g/mol. The van der Waals surface area contributed by atoms with Crippen LogP contribution in [-0.2, 0) is 6.42 Å². The molecule has 0 saturated heterocycles. The van der Waals surface area contributed by atoms with Gasteiger partial charge in [0.1, 0.15) is 0 Å². The molecular formula is C18H22S. The Morgan fingerprint density at radius 1 is 1.21 bits per heavy atom. The van der Waals surface area contributed by atoms with Gasteiger partial charge in [0.15, 0.2) is 0 Å². The Morgan fingerprint density at radius 3 is 3.00 bits per heavy atom. The first-order valence-corrected chi connectivity index (χ1v) is 8.14. The van der Waals surface area contributed by atoms with E-state index >= 15 is 0 Å². The normalized spacial score (nSPS) is 36.2. The summed E-state index contributed by atoms with van der Waals surface area (Å²) < 4.78 is 0. The van der Waals surface area contributed by atoms with Gasteiger partial charge < -0.3 is 0 Å². The maximum atomic E-state index is 4.49. The van der Waals surface area contributed by atoms with Gasteiger partial charge in [-0.2, -0.15) is 0 Å². The smallest absolute Gasteiger partial charge is 0.00543 e. The van der Waals surface area contributed by atoms with E-state index < -0.39 is 0 Å². The van der Waals surface area contributed by atoms with Gasteiger partial charge in [-0.25, -0.2) is 0 Å². The van der Waals surface area contributed by atoms with Crippen LogP contribution in [0.25, 0.3) is 0 Å². The molecule has 19 heavy (non-hydrogen) atoms. The molecule has 2 fully saturated rings. The molecule has 3 aliphatic carbocycles. The Morgan fingerprint density at radius 2 is 2.11 bits per heavy atom. The van der Waals surface area contributed by atoms with Crippen LogP contribution in [0.2, 0.25) is 0 Å². The molecule has 3 atom stereocenters. The van der Waals surface area contributed by atoms with E-state index in [0.29, 0.717) is 11.3 Å². The van der Waals surface area contributed by atoms with Crippen LogP contribution in [0, 0.1) is 11.3 Å². The van der Waals surface area contributed by atoms with E-state index in [1.54, 1.807) is 11.1 Å². The van der Waals surface area contributed by atoms with Gasteiger partial charge in [0.25, 0.3) is 0 Å². The number of fused-ring (bicyclic) bond motifs is 5. The van der Waals surface area contributed by atoms with Crippen LogP contribution >= 0.6 is 12.6 Å². The van der Waals surface area contributed by atoms with Gasteiger partial charge in [-0.15, -0.1) is 12.6 Å². The van der Waals surface area contributed by atoms with Crippen LogP contribution in [0.5, 0.6) is 0 Å². The molecule has 0 radical (unpaired) electrons. The fraction of sp³-hybridized carbons (Fsp3) is 0.556. The molecule has 100 valence electrons. The molecule has 3 unspecified atom stereocenters. The minimum Gasteiger partial charge on any atom is -0.143 e. The summed E-state index contributed by atoms with van der Waals surface area (Å²) in [6.07, 6.45) is 10.8. The van der Waals surface area contributed by atoms with Crippen molar-refractivity contribution in [3.63, 3.8) is 0 Å². The molecule has 0 aromatic heterocycles. The predicted octanol–water partition coefficient (Wildman–Crippen LogP) is 5.14. The van der Waals surface area contributed by atoms with Crippen molar-refractivity contribution in [2.75, 3.05) is 0 Å². The van der Waals surface area contributed by atoms with Gasteiger partial charge >= 0.3 is 0 Å². The molecule has 0 N–H and O–H groups in total. The first-order valence-electron chi connectivity index (χ1n) is 7.69. The Kier molecular flexibility index (Phi) is 2.64. The van der Waals surface area contributed by atoms with Crippen LogP contribution in [0.3, 0.4) is 0 Å². The summed E-state index contributed by atoms with van der Waals surface area (Å²) in [7, 11) is 0. The van der Waals surface area contributed by atoms with Crippen LogP contribution in [0.15, 0.2) is 34.7 Å². The highest BCUT2D eigenvalue weighted by Gasteiger charge is 2.46. The van der Waals surface area contributed by atoms with Crippen LogP contribution in [-0.4, -0.2) is 0 Å². The molecule has 3 aliphatic rings. The second kappa shape index (κ2) is 4.15. The second-order valence-corrected chi connectivity index (χ2v) is 7.50. The Labute approximate surface area is 121 Å². The summed E-state index contributed by atoms with van der Waals surface area (Å²) >= 11 is 4.49. The number of hydrogen-bond acceptors (Lipinski definition) is 1. The zero-order valence-corrected chi connectivity index (χ0v) is 12.5. The SMILES string of the molecule is CC12CCCC1C1=CCc3cc(S)ccc3C1CC2. The third-order valence-corrected chi connectivity index (χ3v) is 6.23. The lowest BCUT2D eigenvalue weighted by Crippen LogP contribution is -2.33. The Bertz CT molecular complexity index is 557. The molecule has 2 saturated carbocycles. The van der Waals surface area contributed by atoms with Crippen molar-refractivity contribution in [3.05, 3.63) is 41.0 Å². The fourth-order valence-electron chi connectivity index (χ4n) is 4.94. The summed E-state index contributed by atoms with van der Waals surface area (Å²) in [4.78, 5) is 1.11. The summed E-state index contributed by atoms with van der Waals surface area (Å²) in [5.74, 6) is 1.59. The molecule has 0 nitrogen and oxygen atoms in total. The van der Waals surface area contributed by atoms with Crippen LogP contribution < -0.4 is 0 Å². The van der Waals surface area contributed by atoms with E-state index in [4.69, 9.17) is 0 Å². The molecular weight excluding hydrogens is 248 g/mol. The lowest BCUT2D eigenvalue weighted by molar-refractivity contribution is 0.188. The standard InChI is InChI=1S/C18H22S/c1-18-9-2-3-17(18)16-6-4-12-11-13(19)5-7-14(12)15(16)8-10-18/h5-7,11,15,17,19H,2-4,8-10H2,1H3. The molecule has 0 amide bonds. The molecule has 0 bridgehead atoms. The van der Waals surface area contributed by atoms with Gasteiger partial charge in [-0.1, -0.05) is 31.1 Å². The largest absolute Gasteiger partial charge is 0.143 e. The van der Waals surface area contributed by atoms with E-state index in [2.05, 4.69) is 43.8 Å². The van der Waals surface area contributed by atoms with E-state index in [-0.39, 0.29) is 0 Å². The topological polar surface area (TPSA) is 0 Å². The minimum absolute atomic E-state index is 0.614. The van der Waals surface area contributed by atoms with Crippen molar-refractivity contribution in [1.82, 2.24) is 0 Å². The second-order valence-electron chi connectivity index (χ2n) is 6.98. The van der Waals surface area contributed by atoms with Crippen LogP contribution in [0.1, 0.15) is 56.1 Å². The molecule has 0 aliphatic heterocycles. The summed E-state index contributed by atoms with van der Waals surface area (Å²) in [6, 6.07) is 6.79. The van der Waals surface area contributed by atoms with Gasteiger partial charge in [0, 0.05) is 10.8 Å². The number of allylic oxidation sites excluding steroid dienone is 2. The van der Waals surface area contributed by atoms with E-state index in [9.17, 15) is 0 Å². The average molecular weight is 270 g/mol. The summed E-state index contributed by atoms with van der Waals surface area (Å²) in [5.41, 5.74) is 5.52. The van der Waals surface area contributed by atoms with Crippen LogP contribution in [0.4, 0.5) is 0 Å². The van der Waals surface area contributed by atoms with E-state index in [0.717, 1.165) is 17.2 Å². The first kappa shape index (κ1) is 12.1. The average Bonchev–Trinajstić information content (AvgIpc) is 2.79. The zero-order chi connectivity index (χ0) is 13.0. The van der Waals surface area contributed by atoms with Crippen molar-refractivity contribution in [1.29, 1.82) is 0 Å². The van der Waals surface area contributed by atoms with Gasteiger partial charge in [-0.3, -0.25) is 0 Å². The number of hydrogen-bond donors (Lipinski definition) is 1. The molecule has 0 heterocycles. The molecule has 1 aromatic carbocycles. The highest BCUT2D eigenvalue weighted by Crippen LogP contribution is 2.59. The number of benzene rings is 1. The Balaban J connectivity index is 1.77. The predicted molar refractivity (Wildman–Crippen MR) is 82.9 cm³/mol. The Hall–Kier alpha value is -0.690. The molecule has 0 spiro atoms. The number of thiol groups is 1. The van der Waals surface area contributed by atoms with Crippen molar-refractivity contribution < 1.29 is 0 Å². The maximum absolute atomic E-state index is 4.49. The number of rotatable bonds is 0. The summed E-state index contributed by atoms with van der Waals surface area (Å²) in [5, 5.41) is 0. The maximum Gasteiger partial charge on any atom is 0.00543 e. The third kappa shape index (κ3) is 1.74. The lowest BCUT2D eigenvalue weighted by Gasteiger charge is -2.44. The van der Waals surface area contributed by atoms with Crippen molar-refractivity contribution in [3.8, 4) is 0 Å². The minimum atomic E-state index is 0.614. The van der Waals surface area contributed by atoms with E-state index in [1.165, 1.54) is 37.7 Å². The molecule has 1 heteroatoms. The molecule has 1 aromatic rings. The third-order valence-electron chi connectivity index (χ3n) is 5.95. The van der Waals surface area contributed by atoms with Gasteiger partial charge in [0.2, 0.25) is 0 Å². The van der Waals surface area contributed by atoms with Gasteiger partial charge in [-0.05, 0) is 66.7 Å². The quantitative estimate of drug-likeness (QED) is 0.489. The van der Waals surface area contributed by atoms with Gasteiger partial charge in [0.05, 0.1) is 0 Å². The van der Waals surface area contributed by atoms with Crippen molar-refractivity contribution in [2.45, 2.75) is 56.3 Å². The van der Waals surface area contributed by atoms with Crippen molar-refractivity contribution in [2.24, 2.45) is 11.3 Å². The molecule has 4 rings (SSSR count). The lowest BCUT2D eigenvalue weighted by atomic mass is 9.60. The zero-order valence-electron chi connectivity index (χ0n) is 11.7. The fourth-order valence-corrected chi connectivity index (χ4v) is 5.17.